The summed E-state index contributed by atoms with van der Waals surface area (Å²) in [4.78, 5) is 0. The summed E-state index contributed by atoms with van der Waals surface area (Å²) in [7, 11) is 0. The second-order valence-corrected chi connectivity index (χ2v) is 6.46. The van der Waals surface area contributed by atoms with Gasteiger partial charge in [0.25, 0.3) is 0 Å². The summed E-state index contributed by atoms with van der Waals surface area (Å²) in [6.45, 7) is 1.94. The van der Waals surface area contributed by atoms with E-state index in [4.69, 9.17) is 27.2 Å². The largest absolute Gasteiger partial charge is 0.491 e. The van der Waals surface area contributed by atoms with E-state index in [1.165, 1.54) is 0 Å². The van der Waals surface area contributed by atoms with Crippen molar-refractivity contribution in [2.75, 3.05) is 26.4 Å². The molecule has 0 N–H and O–H groups in total. The van der Waals surface area contributed by atoms with Gasteiger partial charge in [0, 0.05) is 8.16 Å². The molecule has 25 heavy (non-hydrogen) atoms. The van der Waals surface area contributed by atoms with Crippen LogP contribution in [0.2, 0.25) is 0 Å². The van der Waals surface area contributed by atoms with E-state index in [-0.39, 0.29) is 54.3 Å². The molecular weight excluding hydrogens is 316 g/mol. The quantitative estimate of drug-likeness (QED) is 0.686. The molecule has 3 unspecified atom stereocenters. The molecular formula is C21H24O4. The predicted octanol–water partition coefficient (Wildman–Crippen LogP) is 3.57. The van der Waals surface area contributed by atoms with E-state index in [9.17, 15) is 0 Å². The normalized spacial score (nSPS) is 27.1. The van der Waals surface area contributed by atoms with Crippen LogP contribution in [0.4, 0.5) is 0 Å². The van der Waals surface area contributed by atoms with Crippen molar-refractivity contribution >= 4 is 0 Å². The summed E-state index contributed by atoms with van der Waals surface area (Å²) in [5.74, 6) is 0.466. The zero-order valence-electron chi connectivity index (χ0n) is 20.0. The van der Waals surface area contributed by atoms with Crippen LogP contribution in [0, 0.1) is 0 Å². The monoisotopic (exact) mass is 346 g/mol. The Hall–Kier alpha value is -2.04. The van der Waals surface area contributed by atoms with E-state index in [0.717, 1.165) is 0 Å². The average Bonchev–Trinajstić information content (AvgIpc) is 3.66. The van der Waals surface area contributed by atoms with Crippen LogP contribution in [0.15, 0.2) is 48.4 Å². The fraction of sp³-hybridized carbons (Fsp3) is 0.429. The van der Waals surface area contributed by atoms with Crippen molar-refractivity contribution in [2.45, 2.75) is 31.4 Å². The van der Waals surface area contributed by atoms with Gasteiger partial charge in [0.15, 0.2) is 0 Å². The lowest BCUT2D eigenvalue weighted by Gasteiger charge is -2.26. The molecule has 132 valence electrons. The fourth-order valence-electron chi connectivity index (χ4n) is 2.37. The zero-order chi connectivity index (χ0) is 22.3. The summed E-state index contributed by atoms with van der Waals surface area (Å²) in [5.41, 5.74) is -0.887. The molecule has 4 nitrogen and oxygen atoms in total. The number of rotatable bonds is 8. The standard InChI is InChI=1S/C21H24O4/c1-21(2,15-3-7-17(8-4-15)22-11-19-13-24-19)16-5-9-18(10-6-16)23-12-20-14-25-20/h3-10,19-20H,11-14H2,1-2H3/i1D2,3D,4D,7D,8D. The topological polar surface area (TPSA) is 43.5 Å². The highest BCUT2D eigenvalue weighted by Crippen LogP contribution is 2.33. The van der Waals surface area contributed by atoms with Crippen LogP contribution in [0.5, 0.6) is 11.5 Å². The maximum Gasteiger partial charge on any atom is 0.119 e. The first-order valence-electron chi connectivity index (χ1n) is 11.4. The van der Waals surface area contributed by atoms with Crippen molar-refractivity contribution in [1.29, 1.82) is 0 Å². The molecule has 3 atom stereocenters. The summed E-state index contributed by atoms with van der Waals surface area (Å²) in [5, 5.41) is 0. The minimum absolute atomic E-state index is 0.00688. The summed E-state index contributed by atoms with van der Waals surface area (Å²) < 4.78 is 71.5. The number of epoxide rings is 2. The molecule has 2 saturated heterocycles. The molecule has 2 aromatic rings. The molecule has 2 heterocycles. The SMILES string of the molecule is [2H]c1c([2H])c(C(C)(c2ccc(OCC3CO3)cc2)C([2H])[2H])c([2H])c([2H])c1OCC1CO1. The van der Waals surface area contributed by atoms with E-state index >= 15 is 0 Å². The van der Waals surface area contributed by atoms with Gasteiger partial charge in [0.2, 0.25) is 0 Å². The van der Waals surface area contributed by atoms with Gasteiger partial charge >= 0.3 is 0 Å². The molecule has 2 aromatic carbocycles. The van der Waals surface area contributed by atoms with Gasteiger partial charge in [-0.1, -0.05) is 38.0 Å². The van der Waals surface area contributed by atoms with Crippen molar-refractivity contribution < 1.29 is 27.2 Å². The van der Waals surface area contributed by atoms with Crippen molar-refractivity contribution in [3.8, 4) is 11.5 Å². The van der Waals surface area contributed by atoms with E-state index in [2.05, 4.69) is 0 Å². The molecule has 0 aromatic heterocycles. The number of ether oxygens (including phenoxy) is 4. The first kappa shape index (κ1) is 10.8. The van der Waals surface area contributed by atoms with E-state index in [1.807, 2.05) is 0 Å². The number of benzene rings is 2. The van der Waals surface area contributed by atoms with Crippen LogP contribution < -0.4 is 9.47 Å². The van der Waals surface area contributed by atoms with Crippen LogP contribution in [0.25, 0.3) is 0 Å². The Bertz CT molecular complexity index is 930. The summed E-state index contributed by atoms with van der Waals surface area (Å²) >= 11 is 0. The second-order valence-electron chi connectivity index (χ2n) is 6.46. The van der Waals surface area contributed by atoms with Gasteiger partial charge < -0.3 is 18.9 Å². The third-order valence-electron chi connectivity index (χ3n) is 4.23. The van der Waals surface area contributed by atoms with E-state index in [0.29, 0.717) is 31.1 Å². The Labute approximate surface area is 157 Å². The first-order valence-corrected chi connectivity index (χ1v) is 8.28. The maximum atomic E-state index is 8.53. The first-order chi connectivity index (χ1) is 14.7. The maximum absolute atomic E-state index is 8.53. The summed E-state index contributed by atoms with van der Waals surface area (Å²) in [6.07, 6.45) is 0.0240. The second kappa shape index (κ2) is 6.70. The number of hydrogen-bond donors (Lipinski definition) is 0. The van der Waals surface area contributed by atoms with Crippen LogP contribution >= 0.6 is 0 Å². The average molecular weight is 346 g/mol. The zero-order valence-corrected chi connectivity index (χ0v) is 14.0. The lowest BCUT2D eigenvalue weighted by molar-refractivity contribution is 0.263. The minimum Gasteiger partial charge on any atom is -0.491 e. The lowest BCUT2D eigenvalue weighted by atomic mass is 9.78. The molecule has 0 amide bonds. The Morgan fingerprint density at radius 3 is 2.04 bits per heavy atom. The van der Waals surface area contributed by atoms with Crippen molar-refractivity contribution in [3.05, 3.63) is 59.6 Å². The minimum atomic E-state index is -1.49. The molecule has 2 aliphatic rings. The lowest BCUT2D eigenvalue weighted by Crippen LogP contribution is -2.18. The van der Waals surface area contributed by atoms with Gasteiger partial charge in [-0.05, 0) is 35.3 Å². The molecule has 4 rings (SSSR count). The van der Waals surface area contributed by atoms with Gasteiger partial charge in [0.1, 0.15) is 36.9 Å². The smallest absolute Gasteiger partial charge is 0.119 e. The highest BCUT2D eigenvalue weighted by Gasteiger charge is 2.25. The number of hydrogen-bond acceptors (Lipinski definition) is 4. The molecule has 2 aliphatic heterocycles. The fourth-order valence-corrected chi connectivity index (χ4v) is 2.37. The van der Waals surface area contributed by atoms with Crippen LogP contribution in [-0.2, 0) is 14.9 Å². The third kappa shape index (κ3) is 4.14. The molecule has 0 saturated carbocycles. The van der Waals surface area contributed by atoms with Crippen molar-refractivity contribution in [1.82, 2.24) is 0 Å². The van der Waals surface area contributed by atoms with Crippen LogP contribution in [-0.4, -0.2) is 38.6 Å². The molecule has 4 heteroatoms. The molecule has 0 spiro atoms. The van der Waals surface area contributed by atoms with Crippen molar-refractivity contribution in [3.63, 3.8) is 0 Å². The Kier molecular flexibility index (Phi) is 2.90. The van der Waals surface area contributed by atoms with Gasteiger partial charge in [-0.2, -0.15) is 0 Å². The molecule has 0 aliphatic carbocycles. The Morgan fingerprint density at radius 2 is 1.52 bits per heavy atom. The summed E-state index contributed by atoms with van der Waals surface area (Å²) in [6, 6.07) is 5.53. The Morgan fingerprint density at radius 1 is 0.960 bits per heavy atom. The highest BCUT2D eigenvalue weighted by atomic mass is 16.6. The van der Waals surface area contributed by atoms with E-state index < -0.39 is 12.3 Å². The molecule has 0 bridgehead atoms. The Balaban J connectivity index is 1.70. The third-order valence-corrected chi connectivity index (χ3v) is 4.23. The van der Waals surface area contributed by atoms with Gasteiger partial charge in [0.05, 0.1) is 18.7 Å². The predicted molar refractivity (Wildman–Crippen MR) is 95.5 cm³/mol. The van der Waals surface area contributed by atoms with Gasteiger partial charge in [-0.25, -0.2) is 0 Å². The van der Waals surface area contributed by atoms with Crippen molar-refractivity contribution in [2.24, 2.45) is 0 Å². The highest BCUT2D eigenvalue weighted by molar-refractivity contribution is 5.41. The van der Waals surface area contributed by atoms with Crippen LogP contribution in [0.1, 0.15) is 33.2 Å². The van der Waals surface area contributed by atoms with E-state index in [1.54, 1.807) is 31.2 Å². The van der Waals surface area contributed by atoms with Crippen LogP contribution in [0.3, 0.4) is 0 Å². The van der Waals surface area contributed by atoms with Gasteiger partial charge in [-0.3, -0.25) is 0 Å². The molecule has 2 fully saturated rings. The van der Waals surface area contributed by atoms with Gasteiger partial charge in [-0.15, -0.1) is 0 Å². The molecule has 0 radical (unpaired) electrons.